The van der Waals surface area contributed by atoms with E-state index in [0.717, 1.165) is 5.69 Å². The van der Waals surface area contributed by atoms with Crippen LogP contribution in [0.1, 0.15) is 50.8 Å². The highest BCUT2D eigenvalue weighted by Gasteiger charge is 2.20. The summed E-state index contributed by atoms with van der Waals surface area (Å²) in [5.74, 6) is -0.574. The Hall–Kier alpha value is -1.36. The van der Waals surface area contributed by atoms with E-state index in [0.29, 0.717) is 6.04 Å². The van der Waals surface area contributed by atoms with Crippen LogP contribution in [0.2, 0.25) is 0 Å². The summed E-state index contributed by atoms with van der Waals surface area (Å²) in [5, 5.41) is 14.2. The topological polar surface area (TPSA) is 64.3 Å². The summed E-state index contributed by atoms with van der Waals surface area (Å²) in [6.07, 6.45) is 7.21. The normalized spacial score (nSPS) is 18.2. The van der Waals surface area contributed by atoms with E-state index in [1.165, 1.54) is 32.1 Å². The molecule has 0 aromatic carbocycles. The van der Waals surface area contributed by atoms with Gasteiger partial charge in [-0.05, 0) is 25.8 Å². The van der Waals surface area contributed by atoms with E-state index in [4.69, 9.17) is 4.74 Å². The average Bonchev–Trinajstić information content (AvgIpc) is 2.88. The highest BCUT2D eigenvalue weighted by atomic mass is 16.5. The Kier molecular flexibility index (Phi) is 4.96. The van der Waals surface area contributed by atoms with Gasteiger partial charge in [0.1, 0.15) is 0 Å². The van der Waals surface area contributed by atoms with Crippen molar-refractivity contribution in [1.82, 2.24) is 9.78 Å². The number of hydrogen-bond donors (Lipinski definition) is 1. The van der Waals surface area contributed by atoms with Gasteiger partial charge in [0.05, 0.1) is 18.3 Å². The monoisotopic (exact) mass is 266 g/mol. The molecular weight excluding hydrogens is 244 g/mol. The maximum Gasteiger partial charge on any atom is 0.335 e. The fourth-order valence-electron chi connectivity index (χ4n) is 2.56. The van der Waals surface area contributed by atoms with Gasteiger partial charge in [-0.1, -0.05) is 19.3 Å². The molecule has 1 aliphatic carbocycles. The molecule has 0 amide bonds. The molecule has 1 unspecified atom stereocenters. The Balaban J connectivity index is 1.91. The third-order valence-electron chi connectivity index (χ3n) is 3.57. The molecule has 0 bridgehead atoms. The van der Waals surface area contributed by atoms with Gasteiger partial charge in [-0.25, -0.2) is 4.79 Å². The standard InChI is InChI=1S/C14H22N2O3/c1-2-19-14(18)13(17)10-11-8-9-16(15-11)12-6-4-3-5-7-12/h8-9,12-13,17H,2-7,10H2,1H3. The summed E-state index contributed by atoms with van der Waals surface area (Å²) in [7, 11) is 0. The molecule has 19 heavy (non-hydrogen) atoms. The van der Waals surface area contributed by atoms with Crippen LogP contribution >= 0.6 is 0 Å². The number of hydrogen-bond acceptors (Lipinski definition) is 4. The van der Waals surface area contributed by atoms with Crippen LogP contribution in [0.5, 0.6) is 0 Å². The first-order valence-electron chi connectivity index (χ1n) is 7.09. The SMILES string of the molecule is CCOC(=O)C(O)Cc1ccn(C2CCCCC2)n1. The highest BCUT2D eigenvalue weighted by molar-refractivity contribution is 5.74. The summed E-state index contributed by atoms with van der Waals surface area (Å²) in [4.78, 5) is 11.3. The molecule has 0 saturated heterocycles. The Labute approximate surface area is 113 Å². The van der Waals surface area contributed by atoms with Crippen molar-refractivity contribution in [3.63, 3.8) is 0 Å². The summed E-state index contributed by atoms with van der Waals surface area (Å²) in [5.41, 5.74) is 0.742. The zero-order valence-electron chi connectivity index (χ0n) is 11.4. The number of rotatable bonds is 5. The van der Waals surface area contributed by atoms with Gasteiger partial charge in [0, 0.05) is 12.6 Å². The molecule has 1 atom stereocenters. The molecule has 1 aromatic rings. The van der Waals surface area contributed by atoms with E-state index < -0.39 is 12.1 Å². The van der Waals surface area contributed by atoms with Gasteiger partial charge in [-0.15, -0.1) is 0 Å². The zero-order valence-corrected chi connectivity index (χ0v) is 11.4. The maximum atomic E-state index is 11.3. The molecule has 1 fully saturated rings. The fraction of sp³-hybridized carbons (Fsp3) is 0.714. The van der Waals surface area contributed by atoms with Gasteiger partial charge >= 0.3 is 5.97 Å². The second-order valence-electron chi connectivity index (χ2n) is 5.05. The second-order valence-corrected chi connectivity index (χ2v) is 5.05. The lowest BCUT2D eigenvalue weighted by Gasteiger charge is -2.21. The molecule has 1 aromatic heterocycles. The number of carbonyl (C=O) groups is 1. The van der Waals surface area contributed by atoms with Gasteiger partial charge in [0.25, 0.3) is 0 Å². The van der Waals surface area contributed by atoms with E-state index in [2.05, 4.69) is 5.10 Å². The predicted molar refractivity (Wildman–Crippen MR) is 70.7 cm³/mol. The van der Waals surface area contributed by atoms with Crippen LogP contribution < -0.4 is 0 Å². The van der Waals surface area contributed by atoms with Crippen molar-refractivity contribution in [1.29, 1.82) is 0 Å². The Morgan fingerprint density at radius 3 is 2.95 bits per heavy atom. The number of aliphatic hydroxyl groups is 1. The van der Waals surface area contributed by atoms with E-state index in [9.17, 15) is 9.90 Å². The molecule has 1 heterocycles. The summed E-state index contributed by atoms with van der Waals surface area (Å²) >= 11 is 0. The largest absolute Gasteiger partial charge is 0.464 e. The first-order valence-corrected chi connectivity index (χ1v) is 7.09. The van der Waals surface area contributed by atoms with E-state index >= 15 is 0 Å². The predicted octanol–water partition coefficient (Wildman–Crippen LogP) is 1.85. The Morgan fingerprint density at radius 1 is 1.53 bits per heavy atom. The minimum atomic E-state index is -1.12. The van der Waals surface area contributed by atoms with Crippen molar-refractivity contribution < 1.29 is 14.6 Å². The lowest BCUT2D eigenvalue weighted by atomic mass is 9.96. The lowest BCUT2D eigenvalue weighted by Crippen LogP contribution is -2.25. The molecule has 1 saturated carbocycles. The lowest BCUT2D eigenvalue weighted by molar-refractivity contribution is -0.152. The second kappa shape index (κ2) is 6.70. The van der Waals surface area contributed by atoms with Crippen LogP contribution in [0, 0.1) is 0 Å². The molecule has 5 heteroatoms. The number of carbonyl (C=O) groups excluding carboxylic acids is 1. The van der Waals surface area contributed by atoms with E-state index in [1.807, 2.05) is 16.9 Å². The van der Waals surface area contributed by atoms with Crippen molar-refractivity contribution in [3.05, 3.63) is 18.0 Å². The number of nitrogens with zero attached hydrogens (tertiary/aromatic N) is 2. The molecule has 5 nitrogen and oxygen atoms in total. The van der Waals surface area contributed by atoms with Crippen LogP contribution in [0.25, 0.3) is 0 Å². The Morgan fingerprint density at radius 2 is 2.26 bits per heavy atom. The molecule has 2 rings (SSSR count). The molecular formula is C14H22N2O3. The minimum absolute atomic E-state index is 0.221. The molecule has 1 aliphatic rings. The molecule has 1 N–H and O–H groups in total. The van der Waals surface area contributed by atoms with Crippen LogP contribution in [0.3, 0.4) is 0 Å². The van der Waals surface area contributed by atoms with Gasteiger partial charge in [-0.3, -0.25) is 4.68 Å². The minimum Gasteiger partial charge on any atom is -0.464 e. The Bertz CT molecular complexity index is 411. The van der Waals surface area contributed by atoms with Gasteiger partial charge in [-0.2, -0.15) is 5.10 Å². The highest BCUT2D eigenvalue weighted by Crippen LogP contribution is 2.27. The number of aromatic nitrogens is 2. The van der Waals surface area contributed by atoms with Crippen molar-refractivity contribution in [2.75, 3.05) is 6.61 Å². The molecule has 0 aliphatic heterocycles. The van der Waals surface area contributed by atoms with Crippen LogP contribution in [0.4, 0.5) is 0 Å². The first-order chi connectivity index (χ1) is 9.20. The van der Waals surface area contributed by atoms with Crippen LogP contribution in [0.15, 0.2) is 12.3 Å². The molecule has 0 radical (unpaired) electrons. The van der Waals surface area contributed by atoms with Crippen molar-refractivity contribution in [2.45, 2.75) is 57.6 Å². The van der Waals surface area contributed by atoms with Crippen molar-refractivity contribution in [2.24, 2.45) is 0 Å². The third-order valence-corrected chi connectivity index (χ3v) is 3.57. The summed E-state index contributed by atoms with van der Waals surface area (Å²) in [6, 6.07) is 2.35. The third kappa shape index (κ3) is 3.80. The smallest absolute Gasteiger partial charge is 0.335 e. The summed E-state index contributed by atoms with van der Waals surface area (Å²) < 4.78 is 6.75. The summed E-state index contributed by atoms with van der Waals surface area (Å²) in [6.45, 7) is 2.01. The van der Waals surface area contributed by atoms with Gasteiger partial charge in [0.2, 0.25) is 0 Å². The van der Waals surface area contributed by atoms with Crippen LogP contribution in [-0.2, 0) is 16.0 Å². The average molecular weight is 266 g/mol. The van der Waals surface area contributed by atoms with Gasteiger partial charge in [0.15, 0.2) is 6.10 Å². The quantitative estimate of drug-likeness (QED) is 0.826. The zero-order chi connectivity index (χ0) is 13.7. The molecule has 106 valence electrons. The van der Waals surface area contributed by atoms with E-state index in [1.54, 1.807) is 6.92 Å². The first kappa shape index (κ1) is 14.1. The number of ether oxygens (including phenoxy) is 1. The van der Waals surface area contributed by atoms with Crippen molar-refractivity contribution >= 4 is 5.97 Å². The number of aliphatic hydroxyl groups excluding tert-OH is 1. The number of esters is 1. The van der Waals surface area contributed by atoms with Crippen molar-refractivity contribution in [3.8, 4) is 0 Å². The van der Waals surface area contributed by atoms with Gasteiger partial charge < -0.3 is 9.84 Å². The molecule has 0 spiro atoms. The van der Waals surface area contributed by atoms with Crippen LogP contribution in [-0.4, -0.2) is 33.6 Å². The fourth-order valence-corrected chi connectivity index (χ4v) is 2.56. The maximum absolute atomic E-state index is 11.3. The van der Waals surface area contributed by atoms with E-state index in [-0.39, 0.29) is 13.0 Å².